The number of Topliss-reactive ketones (excluding diaryl/α,β-unsaturated/α-hetero) is 1. The lowest BCUT2D eigenvalue weighted by atomic mass is 10.0. The summed E-state index contributed by atoms with van der Waals surface area (Å²) in [6.07, 6.45) is 0. The summed E-state index contributed by atoms with van der Waals surface area (Å²) in [5, 5.41) is 9.51. The van der Waals surface area contributed by atoms with Gasteiger partial charge in [0.25, 0.3) is 0 Å². The predicted octanol–water partition coefficient (Wildman–Crippen LogP) is 1.74. The lowest BCUT2D eigenvalue weighted by Crippen LogP contribution is -2.15. The van der Waals surface area contributed by atoms with Gasteiger partial charge in [-0.2, -0.15) is 0 Å². The van der Waals surface area contributed by atoms with Gasteiger partial charge in [-0.05, 0) is 34.5 Å². The minimum Gasteiger partial charge on any atom is -0.506 e. The van der Waals surface area contributed by atoms with Crippen LogP contribution in [0.1, 0.15) is 15.9 Å². The van der Waals surface area contributed by atoms with Crippen LogP contribution in [0.4, 0.5) is 4.39 Å². The Labute approximate surface area is 88.9 Å². The number of hydrogen-bond acceptors (Lipinski definition) is 3. The van der Waals surface area contributed by atoms with E-state index in [1.807, 2.05) is 0 Å². The van der Waals surface area contributed by atoms with E-state index in [0.29, 0.717) is 0 Å². The van der Waals surface area contributed by atoms with Crippen LogP contribution < -0.4 is 5.73 Å². The number of rotatable bonds is 2. The summed E-state index contributed by atoms with van der Waals surface area (Å²) in [4.78, 5) is 11.3. The first-order valence-corrected chi connectivity index (χ1v) is 4.69. The zero-order valence-electron chi connectivity index (χ0n) is 7.47. The average molecular weight is 262 g/mol. The molecule has 1 aromatic rings. The number of hydrogen-bond donors (Lipinski definition) is 2. The van der Waals surface area contributed by atoms with Crippen molar-refractivity contribution in [1.82, 2.24) is 0 Å². The maximum absolute atomic E-state index is 13.2. The number of halogens is 2. The third-order valence-electron chi connectivity index (χ3n) is 1.91. The van der Waals surface area contributed by atoms with Crippen LogP contribution >= 0.6 is 15.9 Å². The van der Waals surface area contributed by atoms with Crippen LogP contribution in [0, 0.1) is 12.7 Å². The summed E-state index contributed by atoms with van der Waals surface area (Å²) in [7, 11) is 0. The SMILES string of the molecule is Cc1c(F)cc(Br)c(O)c1C(=O)CN. The van der Waals surface area contributed by atoms with Crippen LogP contribution in [0.2, 0.25) is 0 Å². The highest BCUT2D eigenvalue weighted by Crippen LogP contribution is 2.32. The molecule has 3 nitrogen and oxygen atoms in total. The zero-order valence-corrected chi connectivity index (χ0v) is 9.06. The zero-order chi connectivity index (χ0) is 10.9. The van der Waals surface area contributed by atoms with E-state index in [4.69, 9.17) is 5.73 Å². The molecule has 0 aliphatic heterocycles. The number of phenols is 1. The van der Waals surface area contributed by atoms with Gasteiger partial charge in [-0.3, -0.25) is 4.79 Å². The molecule has 0 bridgehead atoms. The molecule has 5 heteroatoms. The summed E-state index contributed by atoms with van der Waals surface area (Å²) in [5.74, 6) is -1.30. The Morgan fingerprint density at radius 2 is 2.29 bits per heavy atom. The number of aromatic hydroxyl groups is 1. The number of benzene rings is 1. The monoisotopic (exact) mass is 261 g/mol. The molecule has 3 N–H and O–H groups in total. The summed E-state index contributed by atoms with van der Waals surface area (Å²) in [6.45, 7) is 1.16. The van der Waals surface area contributed by atoms with Crippen molar-refractivity contribution >= 4 is 21.7 Å². The molecule has 0 spiro atoms. The van der Waals surface area contributed by atoms with E-state index in [0.717, 1.165) is 6.07 Å². The smallest absolute Gasteiger partial charge is 0.180 e. The second kappa shape index (κ2) is 4.06. The Morgan fingerprint density at radius 3 is 2.79 bits per heavy atom. The van der Waals surface area contributed by atoms with E-state index in [-0.39, 0.29) is 27.9 Å². The predicted molar refractivity (Wildman–Crippen MR) is 53.9 cm³/mol. The molecule has 0 aromatic heterocycles. The second-order valence-corrected chi connectivity index (χ2v) is 3.67. The lowest BCUT2D eigenvalue weighted by molar-refractivity contribution is 0.0997. The first-order valence-electron chi connectivity index (χ1n) is 3.89. The molecule has 0 unspecified atom stereocenters. The van der Waals surface area contributed by atoms with Gasteiger partial charge in [-0.25, -0.2) is 4.39 Å². The largest absolute Gasteiger partial charge is 0.506 e. The van der Waals surface area contributed by atoms with Crippen LogP contribution in [-0.2, 0) is 0 Å². The van der Waals surface area contributed by atoms with Crippen molar-refractivity contribution in [3.63, 3.8) is 0 Å². The molecule has 76 valence electrons. The van der Waals surface area contributed by atoms with Gasteiger partial charge < -0.3 is 10.8 Å². The Kier molecular flexibility index (Phi) is 3.23. The maximum atomic E-state index is 13.2. The van der Waals surface area contributed by atoms with E-state index in [1.54, 1.807) is 0 Å². The fourth-order valence-electron chi connectivity index (χ4n) is 1.15. The molecule has 0 fully saturated rings. The summed E-state index contributed by atoms with van der Waals surface area (Å²) in [5.41, 5.74) is 5.20. The highest BCUT2D eigenvalue weighted by molar-refractivity contribution is 9.10. The molecule has 1 rings (SSSR count). The minimum absolute atomic E-state index is 0.0561. The molecule has 0 saturated heterocycles. The summed E-state index contributed by atoms with van der Waals surface area (Å²) >= 11 is 2.95. The number of carbonyl (C=O) groups excluding carboxylic acids is 1. The Balaban J connectivity index is 3.47. The Morgan fingerprint density at radius 1 is 1.71 bits per heavy atom. The lowest BCUT2D eigenvalue weighted by Gasteiger charge is -2.08. The first kappa shape index (κ1) is 11.1. The highest BCUT2D eigenvalue weighted by Gasteiger charge is 2.18. The third kappa shape index (κ3) is 1.78. The van der Waals surface area contributed by atoms with Crippen molar-refractivity contribution in [2.24, 2.45) is 5.73 Å². The second-order valence-electron chi connectivity index (χ2n) is 2.82. The van der Waals surface area contributed by atoms with Crippen molar-refractivity contribution < 1.29 is 14.3 Å². The molecule has 1 aromatic carbocycles. The molecule has 0 aliphatic rings. The van der Waals surface area contributed by atoms with Crippen molar-refractivity contribution in [2.45, 2.75) is 6.92 Å². The molecular formula is C9H9BrFNO2. The number of phenolic OH excluding ortho intramolecular Hbond substituents is 1. The maximum Gasteiger partial charge on any atom is 0.180 e. The van der Waals surface area contributed by atoms with Gasteiger partial charge >= 0.3 is 0 Å². The van der Waals surface area contributed by atoms with E-state index in [9.17, 15) is 14.3 Å². The third-order valence-corrected chi connectivity index (χ3v) is 2.52. The molecule has 0 atom stereocenters. The number of carbonyl (C=O) groups is 1. The van der Waals surface area contributed by atoms with Crippen molar-refractivity contribution in [3.05, 3.63) is 27.5 Å². The van der Waals surface area contributed by atoms with E-state index < -0.39 is 11.6 Å². The number of nitrogens with two attached hydrogens (primary N) is 1. The van der Waals surface area contributed by atoms with Gasteiger partial charge in [0.05, 0.1) is 16.6 Å². The Hall–Kier alpha value is -0.940. The molecule has 0 aliphatic carbocycles. The fraction of sp³-hybridized carbons (Fsp3) is 0.222. The van der Waals surface area contributed by atoms with E-state index in [2.05, 4.69) is 15.9 Å². The molecule has 0 saturated carbocycles. The quantitative estimate of drug-likeness (QED) is 0.798. The van der Waals surface area contributed by atoms with E-state index >= 15 is 0 Å². The first-order chi connectivity index (χ1) is 6.49. The van der Waals surface area contributed by atoms with Crippen LogP contribution in [0.15, 0.2) is 10.5 Å². The van der Waals surface area contributed by atoms with Gasteiger partial charge in [0.1, 0.15) is 11.6 Å². The van der Waals surface area contributed by atoms with Crippen LogP contribution in [0.5, 0.6) is 5.75 Å². The topological polar surface area (TPSA) is 63.3 Å². The van der Waals surface area contributed by atoms with Crippen LogP contribution in [0.3, 0.4) is 0 Å². The van der Waals surface area contributed by atoms with Crippen molar-refractivity contribution in [3.8, 4) is 5.75 Å². The summed E-state index contributed by atoms with van der Waals surface area (Å²) < 4.78 is 13.3. The number of ketones is 1. The van der Waals surface area contributed by atoms with Crippen LogP contribution in [-0.4, -0.2) is 17.4 Å². The van der Waals surface area contributed by atoms with Gasteiger partial charge in [-0.1, -0.05) is 0 Å². The van der Waals surface area contributed by atoms with Crippen molar-refractivity contribution in [2.75, 3.05) is 6.54 Å². The van der Waals surface area contributed by atoms with Gasteiger partial charge in [0.2, 0.25) is 0 Å². The fourth-order valence-corrected chi connectivity index (χ4v) is 1.55. The average Bonchev–Trinajstić information content (AvgIpc) is 2.15. The molecule has 0 radical (unpaired) electrons. The standard InChI is InChI=1S/C9H9BrFNO2/c1-4-6(11)2-5(10)9(14)8(4)7(13)3-12/h2,14H,3,12H2,1H3. The van der Waals surface area contributed by atoms with Gasteiger partial charge in [0, 0.05) is 0 Å². The normalized spacial score (nSPS) is 10.3. The molecular weight excluding hydrogens is 253 g/mol. The summed E-state index contributed by atoms with van der Waals surface area (Å²) in [6, 6.07) is 1.11. The van der Waals surface area contributed by atoms with Gasteiger partial charge in [0.15, 0.2) is 5.78 Å². The molecule has 14 heavy (non-hydrogen) atoms. The van der Waals surface area contributed by atoms with Crippen LogP contribution in [0.25, 0.3) is 0 Å². The minimum atomic E-state index is -0.550. The van der Waals surface area contributed by atoms with Gasteiger partial charge in [-0.15, -0.1) is 0 Å². The van der Waals surface area contributed by atoms with Crippen molar-refractivity contribution in [1.29, 1.82) is 0 Å². The Bertz CT molecular complexity index is 367. The molecule has 0 amide bonds. The highest BCUT2D eigenvalue weighted by atomic mass is 79.9. The molecule has 0 heterocycles. The van der Waals surface area contributed by atoms with E-state index in [1.165, 1.54) is 6.92 Å².